The number of amides is 1. The van der Waals surface area contributed by atoms with Crippen molar-refractivity contribution in [2.75, 3.05) is 25.4 Å². The van der Waals surface area contributed by atoms with Crippen LogP contribution in [-0.2, 0) is 0 Å². The number of anilines is 1. The minimum absolute atomic E-state index is 0.0845. The molecule has 4 nitrogen and oxygen atoms in total. The second-order valence-corrected chi connectivity index (χ2v) is 6.63. The molecule has 3 atom stereocenters. The van der Waals surface area contributed by atoms with Gasteiger partial charge in [0.1, 0.15) is 0 Å². The molecule has 0 spiro atoms. The van der Waals surface area contributed by atoms with E-state index < -0.39 is 0 Å². The van der Waals surface area contributed by atoms with Crippen LogP contribution in [0, 0.1) is 11.8 Å². The predicted molar refractivity (Wildman–Crippen MR) is 87.2 cm³/mol. The molecule has 1 aliphatic heterocycles. The van der Waals surface area contributed by atoms with Crippen molar-refractivity contribution in [1.29, 1.82) is 0 Å². The molecule has 0 bridgehead atoms. The third-order valence-electron chi connectivity index (χ3n) is 4.06. The molecule has 1 aromatic carbocycles. The van der Waals surface area contributed by atoms with Crippen LogP contribution < -0.4 is 11.1 Å². The quantitative estimate of drug-likeness (QED) is 0.837. The molecule has 3 N–H and O–H groups in total. The molecule has 2 rings (SSSR count). The third-order valence-corrected chi connectivity index (χ3v) is 4.06. The molecule has 1 saturated heterocycles. The first-order valence-corrected chi connectivity index (χ1v) is 7.83. The van der Waals surface area contributed by atoms with Crippen LogP contribution >= 0.6 is 0 Å². The molecule has 1 amide bonds. The van der Waals surface area contributed by atoms with Crippen molar-refractivity contribution < 1.29 is 4.79 Å². The molecule has 0 saturated carbocycles. The maximum atomic E-state index is 12.2. The molecule has 21 heavy (non-hydrogen) atoms. The van der Waals surface area contributed by atoms with Gasteiger partial charge in [-0.1, -0.05) is 26.0 Å². The molecule has 116 valence electrons. The molecule has 1 fully saturated rings. The Kier molecular flexibility index (Phi) is 5.23. The number of carbonyl (C=O) groups is 1. The number of nitrogen functional groups attached to an aromatic ring is 1. The van der Waals surface area contributed by atoms with Gasteiger partial charge in [-0.3, -0.25) is 4.79 Å². The van der Waals surface area contributed by atoms with Crippen molar-refractivity contribution in [2.24, 2.45) is 11.8 Å². The highest BCUT2D eigenvalue weighted by Crippen LogP contribution is 2.21. The summed E-state index contributed by atoms with van der Waals surface area (Å²) < 4.78 is 0. The van der Waals surface area contributed by atoms with E-state index in [1.54, 1.807) is 12.1 Å². The average molecular weight is 289 g/mol. The number of likely N-dealkylation sites (tertiary alicyclic amines) is 1. The molecule has 0 radical (unpaired) electrons. The Morgan fingerprint density at radius 3 is 2.57 bits per heavy atom. The predicted octanol–water partition coefficient (Wildman–Crippen LogP) is 2.37. The van der Waals surface area contributed by atoms with E-state index in [2.05, 4.69) is 31.0 Å². The monoisotopic (exact) mass is 289 g/mol. The van der Waals surface area contributed by atoms with Gasteiger partial charge < -0.3 is 16.0 Å². The number of hydrogen-bond acceptors (Lipinski definition) is 3. The minimum Gasteiger partial charge on any atom is -0.398 e. The smallest absolute Gasteiger partial charge is 0.253 e. The molecule has 3 unspecified atom stereocenters. The van der Waals surface area contributed by atoms with Crippen molar-refractivity contribution in [3.05, 3.63) is 29.8 Å². The number of nitrogens with zero attached hydrogens (tertiary/aromatic N) is 1. The van der Waals surface area contributed by atoms with Crippen molar-refractivity contribution in [1.82, 2.24) is 10.2 Å². The summed E-state index contributed by atoms with van der Waals surface area (Å²) in [6.07, 6.45) is 1.30. The van der Waals surface area contributed by atoms with Gasteiger partial charge in [0, 0.05) is 31.4 Å². The van der Waals surface area contributed by atoms with Gasteiger partial charge in [0.25, 0.3) is 5.91 Å². The normalized spacial score (nSPS) is 24.5. The highest BCUT2D eigenvalue weighted by atomic mass is 16.1. The van der Waals surface area contributed by atoms with Crippen LogP contribution in [0.2, 0.25) is 0 Å². The van der Waals surface area contributed by atoms with E-state index in [9.17, 15) is 4.79 Å². The summed E-state index contributed by atoms with van der Waals surface area (Å²) in [5.74, 6) is 1.39. The summed E-state index contributed by atoms with van der Waals surface area (Å²) in [7, 11) is 0. The van der Waals surface area contributed by atoms with Crippen LogP contribution in [0.25, 0.3) is 0 Å². The summed E-state index contributed by atoms with van der Waals surface area (Å²) in [5.41, 5.74) is 6.94. The first kappa shape index (κ1) is 15.8. The fourth-order valence-electron chi connectivity index (χ4n) is 3.38. The van der Waals surface area contributed by atoms with E-state index in [4.69, 9.17) is 5.73 Å². The number of carbonyl (C=O) groups excluding carboxylic acids is 1. The Labute approximate surface area is 127 Å². The summed E-state index contributed by atoms with van der Waals surface area (Å²) in [4.78, 5) is 14.7. The van der Waals surface area contributed by atoms with Crippen molar-refractivity contribution in [2.45, 2.75) is 33.2 Å². The van der Waals surface area contributed by atoms with Gasteiger partial charge in [-0.05, 0) is 37.3 Å². The fourth-order valence-corrected chi connectivity index (χ4v) is 3.38. The number of para-hydroxylation sites is 1. The highest BCUT2D eigenvalue weighted by Gasteiger charge is 2.23. The number of nitrogens with two attached hydrogens (primary N) is 1. The first-order valence-electron chi connectivity index (χ1n) is 7.83. The van der Waals surface area contributed by atoms with Crippen LogP contribution in [0.4, 0.5) is 5.69 Å². The van der Waals surface area contributed by atoms with E-state index in [0.29, 0.717) is 11.3 Å². The van der Waals surface area contributed by atoms with E-state index in [1.807, 2.05) is 12.1 Å². The van der Waals surface area contributed by atoms with Crippen LogP contribution in [0.1, 0.15) is 37.6 Å². The Bertz CT molecular complexity index is 479. The molecule has 4 heteroatoms. The summed E-state index contributed by atoms with van der Waals surface area (Å²) >= 11 is 0. The zero-order chi connectivity index (χ0) is 15.4. The molecular weight excluding hydrogens is 262 g/mol. The zero-order valence-electron chi connectivity index (χ0n) is 13.3. The van der Waals surface area contributed by atoms with Gasteiger partial charge in [0.2, 0.25) is 0 Å². The lowest BCUT2D eigenvalue weighted by Gasteiger charge is -2.36. The second kappa shape index (κ2) is 6.94. The van der Waals surface area contributed by atoms with E-state index in [1.165, 1.54) is 6.42 Å². The summed E-state index contributed by atoms with van der Waals surface area (Å²) in [6, 6.07) is 7.32. The highest BCUT2D eigenvalue weighted by molar-refractivity contribution is 5.99. The molecule has 0 aliphatic carbocycles. The van der Waals surface area contributed by atoms with Crippen LogP contribution in [-0.4, -0.2) is 36.5 Å². The number of piperidine rings is 1. The number of hydrogen-bond donors (Lipinski definition) is 2. The van der Waals surface area contributed by atoms with Crippen LogP contribution in [0.5, 0.6) is 0 Å². The molecule has 1 aliphatic rings. The van der Waals surface area contributed by atoms with E-state index >= 15 is 0 Å². The van der Waals surface area contributed by atoms with E-state index in [-0.39, 0.29) is 11.9 Å². The standard InChI is InChI=1S/C17H27N3O/c1-12-8-13(2)10-20(9-12)11-14(3)19-17(21)15-6-4-5-7-16(15)18/h4-7,12-14H,8-11,18H2,1-3H3,(H,19,21). The molecule has 1 aromatic rings. The summed E-state index contributed by atoms with van der Waals surface area (Å²) in [5, 5.41) is 3.05. The average Bonchev–Trinajstić information content (AvgIpc) is 2.37. The fraction of sp³-hybridized carbons (Fsp3) is 0.588. The maximum Gasteiger partial charge on any atom is 0.253 e. The number of nitrogens with one attached hydrogen (secondary N) is 1. The molecular formula is C17H27N3O. The summed E-state index contributed by atoms with van der Waals surface area (Å²) in [6.45, 7) is 9.80. The van der Waals surface area contributed by atoms with Gasteiger partial charge in [-0.15, -0.1) is 0 Å². The van der Waals surface area contributed by atoms with Gasteiger partial charge in [-0.2, -0.15) is 0 Å². The third kappa shape index (κ3) is 4.46. The lowest BCUT2D eigenvalue weighted by atomic mass is 9.92. The zero-order valence-corrected chi connectivity index (χ0v) is 13.3. The van der Waals surface area contributed by atoms with Crippen LogP contribution in [0.15, 0.2) is 24.3 Å². The topological polar surface area (TPSA) is 58.4 Å². The lowest BCUT2D eigenvalue weighted by molar-refractivity contribution is 0.0906. The SMILES string of the molecule is CC1CC(C)CN(CC(C)NC(=O)c2ccccc2N)C1. The van der Waals surface area contributed by atoms with E-state index in [0.717, 1.165) is 31.5 Å². The van der Waals surface area contributed by atoms with Gasteiger partial charge in [0.05, 0.1) is 5.56 Å². The maximum absolute atomic E-state index is 12.2. The van der Waals surface area contributed by atoms with Crippen LogP contribution in [0.3, 0.4) is 0 Å². The Morgan fingerprint density at radius 1 is 1.33 bits per heavy atom. The number of rotatable bonds is 4. The Balaban J connectivity index is 1.88. The van der Waals surface area contributed by atoms with Crippen molar-refractivity contribution >= 4 is 11.6 Å². The Hall–Kier alpha value is -1.55. The van der Waals surface area contributed by atoms with Crippen molar-refractivity contribution in [3.63, 3.8) is 0 Å². The molecule has 1 heterocycles. The molecule has 0 aromatic heterocycles. The second-order valence-electron chi connectivity index (χ2n) is 6.63. The largest absolute Gasteiger partial charge is 0.398 e. The number of benzene rings is 1. The van der Waals surface area contributed by atoms with Crippen molar-refractivity contribution in [3.8, 4) is 0 Å². The first-order chi connectivity index (χ1) is 9.95. The van der Waals surface area contributed by atoms with Gasteiger partial charge >= 0.3 is 0 Å². The Morgan fingerprint density at radius 2 is 1.95 bits per heavy atom. The lowest BCUT2D eigenvalue weighted by Crippen LogP contribution is -2.47. The van der Waals surface area contributed by atoms with Gasteiger partial charge in [0.15, 0.2) is 0 Å². The minimum atomic E-state index is -0.0845. The van der Waals surface area contributed by atoms with Gasteiger partial charge in [-0.25, -0.2) is 0 Å².